The van der Waals surface area contributed by atoms with Gasteiger partial charge in [-0.25, -0.2) is 0 Å². The number of rotatable bonds is 7. The van der Waals surface area contributed by atoms with E-state index in [2.05, 4.69) is 48.3 Å². The molecule has 0 spiro atoms. The van der Waals surface area contributed by atoms with Crippen LogP contribution in [0.1, 0.15) is 35.8 Å². The molecule has 1 N–H and O–H groups in total. The fourth-order valence-electron chi connectivity index (χ4n) is 3.60. The van der Waals surface area contributed by atoms with E-state index in [4.69, 9.17) is 0 Å². The predicted molar refractivity (Wildman–Crippen MR) is 107 cm³/mol. The molecule has 4 nitrogen and oxygen atoms in total. The molecule has 136 valence electrons. The number of hydrogen-bond acceptors (Lipinski definition) is 2. The van der Waals surface area contributed by atoms with E-state index in [0.29, 0.717) is 6.54 Å². The Morgan fingerprint density at radius 1 is 1.04 bits per heavy atom. The summed E-state index contributed by atoms with van der Waals surface area (Å²) >= 11 is 0. The minimum absolute atomic E-state index is 0.0186. The van der Waals surface area contributed by atoms with Crippen molar-refractivity contribution in [3.05, 3.63) is 71.9 Å². The molecular weight excluding hydrogens is 322 g/mol. The summed E-state index contributed by atoms with van der Waals surface area (Å²) in [5.74, 6) is -0.0186. The molecule has 0 unspecified atom stereocenters. The van der Waals surface area contributed by atoms with E-state index in [0.717, 1.165) is 29.6 Å². The van der Waals surface area contributed by atoms with Gasteiger partial charge < -0.3 is 9.88 Å². The number of para-hydroxylation sites is 1. The summed E-state index contributed by atoms with van der Waals surface area (Å²) in [7, 11) is 1.97. The lowest BCUT2D eigenvalue weighted by Gasteiger charge is -2.30. The number of benzene rings is 2. The monoisotopic (exact) mass is 349 g/mol. The normalized spacial score (nSPS) is 12.5. The second-order valence-electron chi connectivity index (χ2n) is 6.53. The molecule has 0 fully saturated rings. The summed E-state index contributed by atoms with van der Waals surface area (Å²) in [4.78, 5) is 15.2. The quantitative estimate of drug-likeness (QED) is 0.700. The van der Waals surface area contributed by atoms with Crippen LogP contribution in [0.2, 0.25) is 0 Å². The van der Waals surface area contributed by atoms with Gasteiger partial charge in [0.2, 0.25) is 0 Å². The van der Waals surface area contributed by atoms with Crippen LogP contribution in [0.5, 0.6) is 0 Å². The van der Waals surface area contributed by atoms with Gasteiger partial charge in [0.15, 0.2) is 0 Å². The highest BCUT2D eigenvalue weighted by atomic mass is 16.1. The summed E-state index contributed by atoms with van der Waals surface area (Å²) in [6.07, 6.45) is 1.91. The SMILES string of the molecule is CCN(CC)[C@@H](CNC(=O)c1cn(C)c2ccccc12)c1ccccc1. The molecule has 3 aromatic rings. The van der Waals surface area contributed by atoms with Crippen LogP contribution in [0, 0.1) is 0 Å². The van der Waals surface area contributed by atoms with E-state index in [1.807, 2.05) is 48.1 Å². The highest BCUT2D eigenvalue weighted by Crippen LogP contribution is 2.22. The van der Waals surface area contributed by atoms with E-state index < -0.39 is 0 Å². The highest BCUT2D eigenvalue weighted by molar-refractivity contribution is 6.06. The van der Waals surface area contributed by atoms with Crippen molar-refractivity contribution in [3.63, 3.8) is 0 Å². The summed E-state index contributed by atoms with van der Waals surface area (Å²) in [5.41, 5.74) is 3.03. The molecular formula is C22H27N3O. The minimum atomic E-state index is -0.0186. The van der Waals surface area contributed by atoms with Gasteiger partial charge in [0.1, 0.15) is 0 Å². The summed E-state index contributed by atoms with van der Waals surface area (Å²) in [6, 6.07) is 18.6. The number of likely N-dealkylation sites (N-methyl/N-ethyl adjacent to an activating group) is 1. The third-order valence-corrected chi connectivity index (χ3v) is 5.04. The third kappa shape index (κ3) is 3.65. The van der Waals surface area contributed by atoms with Crippen molar-refractivity contribution in [1.29, 1.82) is 0 Å². The lowest BCUT2D eigenvalue weighted by Crippen LogP contribution is -2.38. The molecule has 1 amide bonds. The van der Waals surface area contributed by atoms with Crippen molar-refractivity contribution in [3.8, 4) is 0 Å². The van der Waals surface area contributed by atoms with Crippen molar-refractivity contribution >= 4 is 16.8 Å². The van der Waals surface area contributed by atoms with Crippen LogP contribution in [0.25, 0.3) is 10.9 Å². The Morgan fingerprint density at radius 2 is 1.69 bits per heavy atom. The Labute approximate surface area is 155 Å². The molecule has 0 bridgehead atoms. The van der Waals surface area contributed by atoms with Gasteiger partial charge in [0.05, 0.1) is 11.6 Å². The molecule has 1 aromatic heterocycles. The van der Waals surface area contributed by atoms with Crippen molar-refractivity contribution in [1.82, 2.24) is 14.8 Å². The van der Waals surface area contributed by atoms with Gasteiger partial charge in [-0.2, -0.15) is 0 Å². The molecule has 3 rings (SSSR count). The Bertz CT molecular complexity index is 865. The second kappa shape index (κ2) is 8.19. The Hall–Kier alpha value is -2.59. The third-order valence-electron chi connectivity index (χ3n) is 5.04. The van der Waals surface area contributed by atoms with Crippen LogP contribution in [0.4, 0.5) is 0 Å². The molecule has 1 atom stereocenters. The number of aromatic nitrogens is 1. The maximum absolute atomic E-state index is 12.9. The van der Waals surface area contributed by atoms with E-state index in [1.165, 1.54) is 5.56 Å². The predicted octanol–water partition coefficient (Wildman–Crippen LogP) is 3.99. The average molecular weight is 349 g/mol. The number of carbonyl (C=O) groups excluding carboxylic acids is 1. The molecule has 0 saturated heterocycles. The van der Waals surface area contributed by atoms with Crippen LogP contribution in [0.3, 0.4) is 0 Å². The van der Waals surface area contributed by atoms with Crippen LogP contribution in [0.15, 0.2) is 60.8 Å². The smallest absolute Gasteiger partial charge is 0.253 e. The van der Waals surface area contributed by atoms with Crippen molar-refractivity contribution in [2.24, 2.45) is 7.05 Å². The van der Waals surface area contributed by atoms with Gasteiger partial charge in [-0.3, -0.25) is 9.69 Å². The zero-order valence-electron chi connectivity index (χ0n) is 15.8. The Kier molecular flexibility index (Phi) is 5.74. The molecule has 2 aromatic carbocycles. The van der Waals surface area contributed by atoms with Crippen molar-refractivity contribution in [2.75, 3.05) is 19.6 Å². The molecule has 4 heteroatoms. The molecule has 1 heterocycles. The number of amides is 1. The molecule has 0 aliphatic rings. The topological polar surface area (TPSA) is 37.3 Å². The first-order valence-electron chi connectivity index (χ1n) is 9.27. The largest absolute Gasteiger partial charge is 0.350 e. The second-order valence-corrected chi connectivity index (χ2v) is 6.53. The molecule has 0 saturated carbocycles. The van der Waals surface area contributed by atoms with Gasteiger partial charge in [-0.1, -0.05) is 62.4 Å². The van der Waals surface area contributed by atoms with Gasteiger partial charge in [0.25, 0.3) is 5.91 Å². The lowest BCUT2D eigenvalue weighted by atomic mass is 10.0. The van der Waals surface area contributed by atoms with Crippen molar-refractivity contribution < 1.29 is 4.79 Å². The maximum atomic E-state index is 12.9. The van der Waals surface area contributed by atoms with Gasteiger partial charge in [0, 0.05) is 30.7 Å². The van der Waals surface area contributed by atoms with Crippen LogP contribution in [-0.2, 0) is 7.05 Å². The standard InChI is InChI=1S/C22H27N3O/c1-4-25(5-2)21(17-11-7-6-8-12-17)15-23-22(26)19-16-24(3)20-14-10-9-13-18(19)20/h6-14,16,21H,4-5,15H2,1-3H3,(H,23,26)/t21-/m0/s1. The first-order valence-corrected chi connectivity index (χ1v) is 9.27. The Morgan fingerprint density at radius 3 is 2.38 bits per heavy atom. The number of hydrogen-bond donors (Lipinski definition) is 1. The van der Waals surface area contributed by atoms with E-state index in [-0.39, 0.29) is 11.9 Å². The van der Waals surface area contributed by atoms with E-state index in [9.17, 15) is 4.79 Å². The number of nitrogens with one attached hydrogen (secondary N) is 1. The van der Waals surface area contributed by atoms with Crippen LogP contribution >= 0.6 is 0 Å². The molecule has 0 aliphatic heterocycles. The number of nitrogens with zero attached hydrogens (tertiary/aromatic N) is 2. The van der Waals surface area contributed by atoms with E-state index >= 15 is 0 Å². The lowest BCUT2D eigenvalue weighted by molar-refractivity contribution is 0.0936. The summed E-state index contributed by atoms with van der Waals surface area (Å²) in [6.45, 7) is 6.80. The Balaban J connectivity index is 1.81. The number of carbonyl (C=O) groups is 1. The highest BCUT2D eigenvalue weighted by Gasteiger charge is 2.20. The molecule has 26 heavy (non-hydrogen) atoms. The molecule has 0 aliphatic carbocycles. The fourth-order valence-corrected chi connectivity index (χ4v) is 3.60. The number of aryl methyl sites for hydroxylation is 1. The molecule has 0 radical (unpaired) electrons. The van der Waals surface area contributed by atoms with Gasteiger partial charge in [-0.15, -0.1) is 0 Å². The fraction of sp³-hybridized carbons (Fsp3) is 0.318. The van der Waals surface area contributed by atoms with E-state index in [1.54, 1.807) is 0 Å². The van der Waals surface area contributed by atoms with Crippen molar-refractivity contribution in [2.45, 2.75) is 19.9 Å². The first kappa shape index (κ1) is 18.2. The summed E-state index contributed by atoms with van der Waals surface area (Å²) < 4.78 is 2.00. The van der Waals surface area contributed by atoms with Crippen LogP contribution in [-0.4, -0.2) is 35.0 Å². The number of fused-ring (bicyclic) bond motifs is 1. The average Bonchev–Trinajstić information content (AvgIpc) is 3.03. The summed E-state index contributed by atoms with van der Waals surface area (Å²) in [5, 5.41) is 4.15. The zero-order chi connectivity index (χ0) is 18.5. The van der Waals surface area contributed by atoms with Gasteiger partial charge in [-0.05, 0) is 24.7 Å². The maximum Gasteiger partial charge on any atom is 0.253 e. The minimum Gasteiger partial charge on any atom is -0.350 e. The van der Waals surface area contributed by atoms with Gasteiger partial charge >= 0.3 is 0 Å². The van der Waals surface area contributed by atoms with Crippen LogP contribution < -0.4 is 5.32 Å². The first-order chi connectivity index (χ1) is 12.7. The zero-order valence-corrected chi connectivity index (χ0v) is 15.8.